The number of aromatic nitrogens is 3. The first-order valence-corrected chi connectivity index (χ1v) is 12.2. The number of amides is 2. The Kier molecular flexibility index (Phi) is 6.18. The van der Waals surface area contributed by atoms with E-state index in [1.165, 1.54) is 29.3 Å². The van der Waals surface area contributed by atoms with Gasteiger partial charge in [0.25, 0.3) is 5.56 Å². The van der Waals surface area contributed by atoms with E-state index in [9.17, 15) is 14.4 Å². The Hall–Kier alpha value is -3.47. The van der Waals surface area contributed by atoms with Gasteiger partial charge in [-0.15, -0.1) is 0 Å². The summed E-state index contributed by atoms with van der Waals surface area (Å²) in [5.74, 6) is 0.201. The highest BCUT2D eigenvalue weighted by Crippen LogP contribution is 2.30. The lowest BCUT2D eigenvalue weighted by molar-refractivity contribution is -0.125. The molecule has 5 rings (SSSR count). The second kappa shape index (κ2) is 9.41. The zero-order chi connectivity index (χ0) is 23.7. The smallest absolute Gasteiger partial charge is 0.273 e. The quantitative estimate of drug-likeness (QED) is 0.529. The van der Waals surface area contributed by atoms with Crippen molar-refractivity contribution in [3.63, 3.8) is 0 Å². The fraction of sp³-hybridized carbons (Fsp3) is 0.435. The van der Waals surface area contributed by atoms with E-state index in [2.05, 4.69) is 25.5 Å². The van der Waals surface area contributed by atoms with Gasteiger partial charge in [-0.1, -0.05) is 23.5 Å². The van der Waals surface area contributed by atoms with Crippen LogP contribution in [0.2, 0.25) is 0 Å². The molecule has 1 aliphatic heterocycles. The van der Waals surface area contributed by atoms with Crippen molar-refractivity contribution >= 4 is 44.3 Å². The molecule has 11 heteroatoms. The minimum absolute atomic E-state index is 0.0790. The third kappa shape index (κ3) is 4.74. The number of nitrogens with one attached hydrogen (secondary N) is 2. The van der Waals surface area contributed by atoms with Gasteiger partial charge >= 0.3 is 0 Å². The normalized spacial score (nSPS) is 18.0. The van der Waals surface area contributed by atoms with Crippen LogP contribution in [0.5, 0.6) is 5.75 Å². The van der Waals surface area contributed by atoms with Crippen LogP contribution in [-0.4, -0.2) is 52.6 Å². The summed E-state index contributed by atoms with van der Waals surface area (Å²) in [7, 11) is 1.53. The van der Waals surface area contributed by atoms with E-state index in [0.29, 0.717) is 39.5 Å². The first kappa shape index (κ1) is 22.3. The molecule has 178 valence electrons. The Morgan fingerprint density at radius 3 is 2.85 bits per heavy atom. The zero-order valence-electron chi connectivity index (χ0n) is 18.8. The molecule has 2 amide bonds. The van der Waals surface area contributed by atoms with Gasteiger partial charge in [-0.05, 0) is 37.8 Å². The standard InChI is InChI=1S/C23H26N6O4S/c1-33-17-7-3-2-6-16(17)26-18(30)12-29-13-24-20-19(22(29)32)34-23(27-20)28-10-4-5-14(11-28)21(31)25-15-8-9-15/h2-3,6-7,13-15H,4-5,8-12H2,1H3,(H,25,31)(H,26,30). The van der Waals surface area contributed by atoms with Crippen LogP contribution >= 0.6 is 11.3 Å². The summed E-state index contributed by atoms with van der Waals surface area (Å²) in [5, 5.41) is 6.53. The predicted molar refractivity (Wildman–Crippen MR) is 129 cm³/mol. The van der Waals surface area contributed by atoms with Gasteiger partial charge in [-0.3, -0.25) is 19.0 Å². The van der Waals surface area contributed by atoms with E-state index in [1.54, 1.807) is 18.2 Å². The van der Waals surface area contributed by atoms with Crippen molar-refractivity contribution in [3.8, 4) is 5.75 Å². The molecule has 2 aromatic heterocycles. The number of para-hydroxylation sites is 2. The van der Waals surface area contributed by atoms with Gasteiger partial charge in [-0.25, -0.2) is 4.98 Å². The highest BCUT2D eigenvalue weighted by Gasteiger charge is 2.31. The maximum Gasteiger partial charge on any atom is 0.273 e. The number of anilines is 2. The van der Waals surface area contributed by atoms with Crippen LogP contribution in [0.3, 0.4) is 0 Å². The van der Waals surface area contributed by atoms with E-state index in [4.69, 9.17) is 4.74 Å². The predicted octanol–water partition coefficient (Wildman–Crippen LogP) is 2.00. The molecule has 34 heavy (non-hydrogen) atoms. The summed E-state index contributed by atoms with van der Waals surface area (Å²) in [6, 6.07) is 7.41. The van der Waals surface area contributed by atoms with Gasteiger partial charge in [0.2, 0.25) is 11.8 Å². The second-order valence-electron chi connectivity index (χ2n) is 8.64. The number of thiazole rings is 1. The van der Waals surface area contributed by atoms with Crippen LogP contribution in [0.1, 0.15) is 25.7 Å². The lowest BCUT2D eigenvalue weighted by Gasteiger charge is -2.31. The Morgan fingerprint density at radius 2 is 2.06 bits per heavy atom. The Labute approximate surface area is 200 Å². The van der Waals surface area contributed by atoms with Crippen molar-refractivity contribution in [1.82, 2.24) is 19.9 Å². The molecule has 1 atom stereocenters. The van der Waals surface area contributed by atoms with E-state index in [0.717, 1.165) is 32.2 Å². The molecule has 2 N–H and O–H groups in total. The molecule has 0 spiro atoms. The summed E-state index contributed by atoms with van der Waals surface area (Å²) in [6.07, 6.45) is 5.22. The van der Waals surface area contributed by atoms with Crippen molar-refractivity contribution < 1.29 is 14.3 Å². The molecular formula is C23H26N6O4S. The first-order valence-electron chi connectivity index (χ1n) is 11.4. The maximum atomic E-state index is 13.0. The number of benzene rings is 1. The summed E-state index contributed by atoms with van der Waals surface area (Å²) >= 11 is 1.26. The molecule has 3 heterocycles. The largest absolute Gasteiger partial charge is 0.495 e. The average Bonchev–Trinajstić information content (AvgIpc) is 3.55. The molecule has 0 bridgehead atoms. The molecule has 1 saturated carbocycles. The molecule has 1 aromatic carbocycles. The zero-order valence-corrected chi connectivity index (χ0v) is 19.6. The Balaban J connectivity index is 1.30. The molecule has 0 radical (unpaired) electrons. The van der Waals surface area contributed by atoms with Crippen LogP contribution in [0.25, 0.3) is 10.3 Å². The Morgan fingerprint density at radius 1 is 1.24 bits per heavy atom. The summed E-state index contributed by atoms with van der Waals surface area (Å²) in [5.41, 5.74) is 0.572. The highest BCUT2D eigenvalue weighted by atomic mass is 32.1. The summed E-state index contributed by atoms with van der Waals surface area (Å²) < 4.78 is 6.92. The molecule has 1 aliphatic carbocycles. The Bertz CT molecular complexity index is 1280. The first-order chi connectivity index (χ1) is 16.5. The number of hydrogen-bond acceptors (Lipinski definition) is 8. The summed E-state index contributed by atoms with van der Waals surface area (Å²) in [6.45, 7) is 1.18. The number of nitrogens with zero attached hydrogens (tertiary/aromatic N) is 4. The second-order valence-corrected chi connectivity index (χ2v) is 9.62. The lowest BCUT2D eigenvalue weighted by atomic mass is 9.97. The van der Waals surface area contributed by atoms with E-state index in [1.807, 2.05) is 6.07 Å². The number of methoxy groups -OCH3 is 1. The fourth-order valence-corrected chi connectivity index (χ4v) is 5.09. The van der Waals surface area contributed by atoms with E-state index in [-0.39, 0.29) is 29.8 Å². The molecule has 1 saturated heterocycles. The van der Waals surface area contributed by atoms with Crippen molar-refractivity contribution in [1.29, 1.82) is 0 Å². The van der Waals surface area contributed by atoms with Crippen LogP contribution in [-0.2, 0) is 16.1 Å². The lowest BCUT2D eigenvalue weighted by Crippen LogP contribution is -2.43. The van der Waals surface area contributed by atoms with Crippen LogP contribution in [0.15, 0.2) is 35.4 Å². The molecule has 2 aliphatic rings. The number of hydrogen-bond donors (Lipinski definition) is 2. The third-order valence-corrected chi connectivity index (χ3v) is 7.15. The van der Waals surface area contributed by atoms with Gasteiger partial charge < -0.3 is 20.3 Å². The topological polar surface area (TPSA) is 118 Å². The molecule has 10 nitrogen and oxygen atoms in total. The van der Waals surface area contributed by atoms with Crippen molar-refractivity contribution in [3.05, 3.63) is 40.9 Å². The molecule has 3 aromatic rings. The maximum absolute atomic E-state index is 13.0. The average molecular weight is 483 g/mol. The minimum Gasteiger partial charge on any atom is -0.495 e. The van der Waals surface area contributed by atoms with E-state index >= 15 is 0 Å². The monoisotopic (exact) mass is 482 g/mol. The number of fused-ring (bicyclic) bond motifs is 1. The molecular weight excluding hydrogens is 456 g/mol. The van der Waals surface area contributed by atoms with Crippen molar-refractivity contribution in [2.75, 3.05) is 30.4 Å². The van der Waals surface area contributed by atoms with Gasteiger partial charge in [0.15, 0.2) is 10.8 Å². The van der Waals surface area contributed by atoms with Gasteiger partial charge in [0.1, 0.15) is 23.3 Å². The number of rotatable bonds is 7. The highest BCUT2D eigenvalue weighted by molar-refractivity contribution is 7.22. The summed E-state index contributed by atoms with van der Waals surface area (Å²) in [4.78, 5) is 49.0. The number of ether oxygens (including phenoxy) is 1. The van der Waals surface area contributed by atoms with Gasteiger partial charge in [0.05, 0.1) is 18.7 Å². The van der Waals surface area contributed by atoms with Crippen LogP contribution in [0, 0.1) is 5.92 Å². The van der Waals surface area contributed by atoms with Gasteiger partial charge in [-0.2, -0.15) is 4.98 Å². The molecule has 1 unspecified atom stereocenters. The van der Waals surface area contributed by atoms with Gasteiger partial charge in [0, 0.05) is 19.1 Å². The van der Waals surface area contributed by atoms with E-state index < -0.39 is 0 Å². The minimum atomic E-state index is -0.363. The molecule has 2 fully saturated rings. The third-order valence-electron chi connectivity index (χ3n) is 6.05. The number of carbonyl (C=O) groups is 2. The number of carbonyl (C=O) groups excluding carboxylic acids is 2. The van der Waals surface area contributed by atoms with Crippen LogP contribution in [0.4, 0.5) is 10.8 Å². The fourth-order valence-electron chi connectivity index (χ4n) is 4.09. The van der Waals surface area contributed by atoms with Crippen LogP contribution < -0.4 is 25.8 Å². The SMILES string of the molecule is COc1ccccc1NC(=O)Cn1cnc2nc(N3CCCC(C(=O)NC4CC4)C3)sc2c1=O. The van der Waals surface area contributed by atoms with Crippen molar-refractivity contribution in [2.45, 2.75) is 38.3 Å². The number of piperidine rings is 1. The van der Waals surface area contributed by atoms with Crippen molar-refractivity contribution in [2.24, 2.45) is 5.92 Å².